The first kappa shape index (κ1) is 59.2. The molecule has 0 radical (unpaired) electrons. The molecule has 38 heteroatoms. The maximum Gasteiger partial charge on any atom is 0.337 e. The summed E-state index contributed by atoms with van der Waals surface area (Å²) >= 11 is 0.789. The van der Waals surface area contributed by atoms with Crippen LogP contribution in [0.5, 0.6) is 17.2 Å². The fraction of sp³-hybridized carbons (Fsp3) is 0. The Morgan fingerprint density at radius 3 is 1.68 bits per heavy atom. The minimum Gasteiger partial charge on any atom is -0.505 e. The molecule has 0 unspecified atom stereocenters. The monoisotopic (exact) mass is 1230 g/mol. The summed E-state index contributed by atoms with van der Waals surface area (Å²) in [4.78, 5) is 8.56. The zero-order valence-electron chi connectivity index (χ0n) is 39.2. The van der Waals surface area contributed by atoms with Gasteiger partial charge in [0, 0.05) is 16.2 Å². The van der Waals surface area contributed by atoms with Gasteiger partial charge in [-0.15, -0.1) is 43.7 Å². The molecule has 0 amide bonds. The van der Waals surface area contributed by atoms with Gasteiger partial charge in [0.2, 0.25) is 0 Å². The van der Waals surface area contributed by atoms with Gasteiger partial charge in [0.05, 0.1) is 83.7 Å². The first-order chi connectivity index (χ1) is 38.4. The minimum atomic E-state index is -5.26. The van der Waals surface area contributed by atoms with E-state index >= 15 is 0 Å². The lowest BCUT2D eigenvalue weighted by molar-refractivity contribution is -0.432. The second kappa shape index (κ2) is 24.4. The van der Waals surface area contributed by atoms with E-state index in [1.807, 2.05) is 0 Å². The highest BCUT2D eigenvalue weighted by Crippen LogP contribution is 2.51. The van der Waals surface area contributed by atoms with Crippen molar-refractivity contribution in [2.45, 2.75) is 29.4 Å². The number of aromatic hydroxyl groups is 3. The summed E-state index contributed by atoms with van der Waals surface area (Å²) in [5, 5.41) is 112. The van der Waals surface area contributed by atoms with Crippen LogP contribution in [-0.4, -0.2) is 81.1 Å². The highest BCUT2D eigenvalue weighted by molar-refractivity contribution is 7.95. The topological polar surface area (TPSA) is 502 Å². The van der Waals surface area contributed by atoms with Crippen LogP contribution in [0.15, 0.2) is 173 Å². The molecule has 0 saturated carbocycles. The number of anilines is 1. The van der Waals surface area contributed by atoms with Crippen LogP contribution in [0.3, 0.4) is 0 Å². The van der Waals surface area contributed by atoms with Crippen molar-refractivity contribution in [2.75, 3.05) is 5.73 Å². The maximum absolute atomic E-state index is 12.9. The van der Waals surface area contributed by atoms with Gasteiger partial charge in [-0.1, -0.05) is 33.3 Å². The molecule has 0 saturated heterocycles. The van der Waals surface area contributed by atoms with Crippen LogP contribution in [0.4, 0.5) is 51.2 Å². The number of hydrogen-bond acceptors (Lipinski definition) is 31. The Hall–Kier alpha value is -7.97. The van der Waals surface area contributed by atoms with Crippen LogP contribution >= 0.6 is 36.1 Å². The summed E-state index contributed by atoms with van der Waals surface area (Å²) in [6.45, 7) is 0. The van der Waals surface area contributed by atoms with Crippen molar-refractivity contribution in [1.82, 2.24) is 0 Å². The molecule has 0 fully saturated rings. The molecule has 0 bridgehead atoms. The predicted octanol–water partition coefficient (Wildman–Crippen LogP) is 12.2. The molecular weight excluding hydrogens is 1200 g/mol. The molecule has 8 aromatic carbocycles. The van der Waals surface area contributed by atoms with Crippen LogP contribution in [0.2, 0.25) is 0 Å². The number of nitrogens with zero attached hydrogens (tertiary/aromatic N) is 8. The molecule has 8 aromatic rings. The highest BCUT2D eigenvalue weighted by atomic mass is 32.2. The molecule has 420 valence electrons. The Kier molecular flexibility index (Phi) is 17.8. The molecule has 0 spiro atoms. The van der Waals surface area contributed by atoms with Crippen LogP contribution in [-0.2, 0) is 58.5 Å². The van der Waals surface area contributed by atoms with Crippen molar-refractivity contribution in [2.24, 2.45) is 40.9 Å². The second-order valence-corrected chi connectivity index (χ2v) is 22.0. The van der Waals surface area contributed by atoms with Crippen molar-refractivity contribution in [1.29, 1.82) is 0 Å². The quantitative estimate of drug-likeness (QED) is 0.00795. The molecule has 32 nitrogen and oxygen atoms in total. The SMILES string of the molecule is Nc1c(N=Nc2ccc3cc(S(=O)(=O)O)c(N=Nc4cc(S(=O)(=O)O)ccc4SOOO)c(O)c3c2)cc(S(=O)(=O)O)c2cc(SOOO)c(N=Nc3ccc4c(O)c(N=Nc5ccccc5C(=O)O)c(SOOO)cc4c3)c(O)c12. The summed E-state index contributed by atoms with van der Waals surface area (Å²) < 4.78 is 118. The third kappa shape index (κ3) is 13.1. The number of aromatic carboxylic acids is 1. The molecule has 0 aliphatic heterocycles. The smallest absolute Gasteiger partial charge is 0.337 e. The van der Waals surface area contributed by atoms with E-state index in [1.54, 1.807) is 0 Å². The van der Waals surface area contributed by atoms with Gasteiger partial charge < -0.3 is 26.2 Å². The first-order valence-electron chi connectivity index (χ1n) is 21.1. The lowest BCUT2D eigenvalue weighted by Gasteiger charge is -2.14. The van der Waals surface area contributed by atoms with E-state index < -0.39 is 107 Å². The summed E-state index contributed by atoms with van der Waals surface area (Å²) in [6, 6.07) is 19.8. The number of carboxylic acid groups (broad SMARTS) is 1. The highest BCUT2D eigenvalue weighted by Gasteiger charge is 2.27. The summed E-state index contributed by atoms with van der Waals surface area (Å²) in [6.07, 6.45) is 0. The van der Waals surface area contributed by atoms with E-state index in [-0.39, 0.29) is 88.6 Å². The number of azo groups is 4. The van der Waals surface area contributed by atoms with Gasteiger partial charge >= 0.3 is 5.97 Å². The number of phenolic OH excluding ortho intramolecular Hbond substituents is 3. The summed E-state index contributed by atoms with van der Waals surface area (Å²) in [5.41, 5.74) is 2.79. The molecule has 81 heavy (non-hydrogen) atoms. The van der Waals surface area contributed by atoms with E-state index in [0.29, 0.717) is 12.0 Å². The van der Waals surface area contributed by atoms with Gasteiger partial charge in [-0.2, -0.15) is 35.5 Å². The van der Waals surface area contributed by atoms with Gasteiger partial charge in [-0.3, -0.25) is 13.7 Å². The normalized spacial score (nSPS) is 12.7. The van der Waals surface area contributed by atoms with Gasteiger partial charge in [-0.25, -0.2) is 20.6 Å². The molecule has 0 atom stereocenters. The minimum absolute atomic E-state index is 0.00439. The molecular formula is C43H29N9O23S6. The van der Waals surface area contributed by atoms with E-state index in [4.69, 9.17) is 21.5 Å². The number of phenols is 3. The number of carbonyl (C=O) groups is 1. The van der Waals surface area contributed by atoms with Crippen molar-refractivity contribution in [3.8, 4) is 17.2 Å². The molecule has 0 aliphatic rings. The van der Waals surface area contributed by atoms with Gasteiger partial charge in [0.15, 0.2) is 17.2 Å². The maximum atomic E-state index is 12.9. The predicted molar refractivity (Wildman–Crippen MR) is 279 cm³/mol. The fourth-order valence-corrected chi connectivity index (χ4v) is 10.6. The average molecular weight is 1230 g/mol. The Morgan fingerprint density at radius 2 is 1.02 bits per heavy atom. The largest absolute Gasteiger partial charge is 0.505 e. The lowest BCUT2D eigenvalue weighted by Crippen LogP contribution is -2.02. The zero-order valence-corrected chi connectivity index (χ0v) is 44.1. The number of nitrogens with two attached hydrogens (primary N) is 1. The van der Waals surface area contributed by atoms with E-state index in [9.17, 15) is 64.1 Å². The Morgan fingerprint density at radius 1 is 0.469 bits per heavy atom. The molecule has 0 aliphatic carbocycles. The van der Waals surface area contributed by atoms with Gasteiger partial charge in [-0.05, 0) is 95.7 Å². The third-order valence-corrected chi connectivity index (χ3v) is 15.3. The molecule has 12 N–H and O–H groups in total. The zero-order chi connectivity index (χ0) is 58.6. The van der Waals surface area contributed by atoms with Crippen LogP contribution in [0.25, 0.3) is 32.3 Å². The van der Waals surface area contributed by atoms with E-state index in [2.05, 4.69) is 69.0 Å². The van der Waals surface area contributed by atoms with Crippen molar-refractivity contribution < 1.29 is 108 Å². The first-order valence-corrected chi connectivity index (χ1v) is 27.7. The third-order valence-electron chi connectivity index (χ3n) is 10.8. The average Bonchev–Trinajstić information content (AvgIpc) is 3.18. The number of fused-ring (bicyclic) bond motifs is 3. The summed E-state index contributed by atoms with van der Waals surface area (Å²) in [7, 11) is -15.3. The molecule has 8 rings (SSSR count). The van der Waals surface area contributed by atoms with Crippen LogP contribution in [0, 0.1) is 0 Å². The lowest BCUT2D eigenvalue weighted by atomic mass is 10.0. The second-order valence-electron chi connectivity index (χ2n) is 15.6. The van der Waals surface area contributed by atoms with Gasteiger partial charge in [0.25, 0.3) is 30.4 Å². The summed E-state index contributed by atoms with van der Waals surface area (Å²) in [5.74, 6) is -3.73. The molecule has 0 aromatic heterocycles. The standard InChI is InChI=1S/C43H29N9O23S6/c44-36-29(49-45-21-6-5-18-13-34(81(67,68)69)39(41(54)25(18)14-21)52-48-28-15-22(79(61,62)63)8-10-30(28)76-73-70-58)17-33(80(64,65)66)26-16-32(78-75-72-60)38(42(55)35(26)36)50-46-20-7-9-23-19(11-20)12-31(77-74-71-59)37(40(23)53)51-47-27-4-2-1-3-24(27)43(56)57/h1-17,53-55,58-60H,44H2,(H,56,57)(H,61,62,63)(H,64,65,66)(H,67,68,69). The van der Waals surface area contributed by atoms with Crippen molar-refractivity contribution >= 4 is 156 Å². The number of benzene rings is 8. The van der Waals surface area contributed by atoms with Crippen LogP contribution < -0.4 is 5.73 Å². The number of hydrogen-bond donors (Lipinski definition) is 11. The Bertz CT molecular complexity index is 4350. The van der Waals surface area contributed by atoms with Crippen molar-refractivity contribution in [3.63, 3.8) is 0 Å². The number of nitrogen functional groups attached to an aromatic ring is 1. The van der Waals surface area contributed by atoms with Crippen molar-refractivity contribution in [3.05, 3.63) is 109 Å². The fourth-order valence-electron chi connectivity index (χ4n) is 7.34. The van der Waals surface area contributed by atoms with Gasteiger partial charge in [0.1, 0.15) is 43.9 Å². The van der Waals surface area contributed by atoms with E-state index in [0.717, 1.165) is 42.5 Å². The number of carboxylic acids is 1. The molecule has 0 heterocycles. The van der Waals surface area contributed by atoms with Crippen LogP contribution in [0.1, 0.15) is 10.4 Å². The van der Waals surface area contributed by atoms with E-state index in [1.165, 1.54) is 60.7 Å². The Balaban J connectivity index is 1.20. The number of rotatable bonds is 21. The Labute approximate surface area is 463 Å².